The third-order valence-corrected chi connectivity index (χ3v) is 0.175. The van der Waals surface area contributed by atoms with Crippen molar-refractivity contribution in [2.45, 2.75) is 0 Å². The van der Waals surface area contributed by atoms with Gasteiger partial charge in [0.25, 0.3) is 0 Å². The van der Waals surface area contributed by atoms with E-state index in [0.29, 0.717) is 0 Å². The molecule has 2 nitrogen and oxygen atoms in total. The van der Waals surface area contributed by atoms with E-state index in [9.17, 15) is 4.79 Å². The van der Waals surface area contributed by atoms with E-state index in [1.165, 1.54) is 0 Å². The van der Waals surface area contributed by atoms with Gasteiger partial charge in [0.2, 0.25) is 0 Å². The molecule has 0 aliphatic carbocycles. The first-order valence-corrected chi connectivity index (χ1v) is 1.12. The monoisotopic (exact) mass is 199 g/mol. The Bertz CT molecular complexity index is 64.0. The molecule has 0 spiro atoms. The van der Waals surface area contributed by atoms with Gasteiger partial charge in [0.05, 0.1) is 0 Å². The maximum atomic E-state index is 9.25. The van der Waals surface area contributed by atoms with Crippen LogP contribution in [0.15, 0.2) is 12.7 Å². The molecule has 0 unspecified atom stereocenters. The molecule has 0 saturated heterocycles. The van der Waals surface area contributed by atoms with E-state index in [1.807, 2.05) is 0 Å². The summed E-state index contributed by atoms with van der Waals surface area (Å²) in [6.07, 6.45) is 0.833. The Morgan fingerprint density at radius 3 is 1.86 bits per heavy atom. The van der Waals surface area contributed by atoms with Gasteiger partial charge in [0, 0.05) is 42.6 Å². The summed E-state index contributed by atoms with van der Waals surface area (Å²) in [4.78, 5) is 9.25. The molecule has 1 radical (unpaired) electrons. The summed E-state index contributed by atoms with van der Waals surface area (Å²) >= 11 is 0. The van der Waals surface area contributed by atoms with E-state index in [0.717, 1.165) is 6.08 Å². The van der Waals surface area contributed by atoms with Crippen molar-refractivity contribution in [2.75, 3.05) is 0 Å². The third-order valence-electron chi connectivity index (χ3n) is 0.175. The number of hydrogen-bond donors (Lipinski definition) is 1. The summed E-state index contributed by atoms with van der Waals surface area (Å²) in [7, 11) is 0. The van der Waals surface area contributed by atoms with E-state index in [2.05, 4.69) is 6.58 Å². The normalized spacial score (nSPS) is 4.57. The van der Waals surface area contributed by atoms with Crippen molar-refractivity contribution in [3.63, 3.8) is 0 Å². The van der Waals surface area contributed by atoms with Crippen molar-refractivity contribution in [1.82, 2.24) is 0 Å². The molecule has 0 atom stereocenters. The number of hydrogen-bond acceptors (Lipinski definition) is 1. The van der Waals surface area contributed by atoms with Gasteiger partial charge < -0.3 is 5.11 Å². The quantitative estimate of drug-likeness (QED) is 0.487. The van der Waals surface area contributed by atoms with Crippen molar-refractivity contribution in [2.24, 2.45) is 0 Å². The average Bonchev–Trinajstić information content (AvgIpc) is 1.38. The number of carbonyl (C=O) groups is 1. The molecule has 0 saturated carbocycles. The molecular formula is C3H4CuO2Zn. The predicted octanol–water partition coefficient (Wildman–Crippen LogP) is 0.252. The van der Waals surface area contributed by atoms with Crippen LogP contribution in [-0.2, 0) is 41.3 Å². The molecule has 0 aromatic carbocycles. The molecule has 0 aliphatic heterocycles. The van der Waals surface area contributed by atoms with Crippen molar-refractivity contribution in [1.29, 1.82) is 0 Å². The van der Waals surface area contributed by atoms with Crippen LogP contribution in [0.25, 0.3) is 0 Å². The van der Waals surface area contributed by atoms with Crippen LogP contribution in [0.4, 0.5) is 0 Å². The molecule has 41 valence electrons. The number of carboxylic acid groups (broad SMARTS) is 1. The van der Waals surface area contributed by atoms with Gasteiger partial charge in [-0.15, -0.1) is 0 Å². The molecule has 0 bridgehead atoms. The molecule has 7 heavy (non-hydrogen) atoms. The van der Waals surface area contributed by atoms with Crippen LogP contribution in [0.1, 0.15) is 0 Å². The number of carboxylic acids is 1. The summed E-state index contributed by atoms with van der Waals surface area (Å²) in [5.41, 5.74) is 0. The molecular weight excluding hydrogens is 197 g/mol. The Balaban J connectivity index is -0.0000000800. The molecule has 0 aliphatic rings. The molecule has 1 N–H and O–H groups in total. The van der Waals surface area contributed by atoms with Crippen molar-refractivity contribution in [3.05, 3.63) is 12.7 Å². The van der Waals surface area contributed by atoms with Gasteiger partial charge in [0.15, 0.2) is 0 Å². The first kappa shape index (κ1) is 15.7. The van der Waals surface area contributed by atoms with Crippen LogP contribution in [0, 0.1) is 0 Å². The molecule has 0 heterocycles. The van der Waals surface area contributed by atoms with Crippen molar-refractivity contribution >= 4 is 5.97 Å². The van der Waals surface area contributed by atoms with E-state index < -0.39 is 5.97 Å². The Morgan fingerprint density at radius 2 is 1.86 bits per heavy atom. The van der Waals surface area contributed by atoms with Gasteiger partial charge >= 0.3 is 5.97 Å². The summed E-state index contributed by atoms with van der Waals surface area (Å²) in [5, 5.41) is 7.60. The second-order valence-electron chi connectivity index (χ2n) is 0.542. The SMILES string of the molecule is C=CC(=O)O.[Cu].[Zn]. The Morgan fingerprint density at radius 1 is 1.71 bits per heavy atom. The zero-order valence-corrected chi connectivity index (χ0v) is 7.56. The maximum Gasteiger partial charge on any atom is 0.327 e. The minimum Gasteiger partial charge on any atom is -0.478 e. The zero-order valence-electron chi connectivity index (χ0n) is 3.65. The predicted molar refractivity (Wildman–Crippen MR) is 17.8 cm³/mol. The number of rotatable bonds is 1. The Kier molecular flexibility index (Phi) is 21.5. The van der Waals surface area contributed by atoms with Crippen LogP contribution >= 0.6 is 0 Å². The van der Waals surface area contributed by atoms with Gasteiger partial charge in [-0.3, -0.25) is 0 Å². The van der Waals surface area contributed by atoms with Crippen LogP contribution in [0.5, 0.6) is 0 Å². The topological polar surface area (TPSA) is 37.3 Å². The van der Waals surface area contributed by atoms with Gasteiger partial charge in [-0.1, -0.05) is 6.58 Å². The standard InChI is InChI=1S/C3H4O2.Cu.Zn/c1-2-3(4)5;;/h2H,1H2,(H,4,5);;. The molecule has 0 fully saturated rings. The van der Waals surface area contributed by atoms with E-state index >= 15 is 0 Å². The van der Waals surface area contributed by atoms with Gasteiger partial charge in [-0.2, -0.15) is 0 Å². The second-order valence-corrected chi connectivity index (χ2v) is 0.542. The van der Waals surface area contributed by atoms with E-state index in [4.69, 9.17) is 5.11 Å². The van der Waals surface area contributed by atoms with Gasteiger partial charge in [0.1, 0.15) is 0 Å². The smallest absolute Gasteiger partial charge is 0.327 e. The van der Waals surface area contributed by atoms with Crippen molar-refractivity contribution < 1.29 is 46.4 Å². The molecule has 0 rings (SSSR count). The first-order chi connectivity index (χ1) is 2.27. The van der Waals surface area contributed by atoms with Crippen LogP contribution in [0.3, 0.4) is 0 Å². The second kappa shape index (κ2) is 9.61. The summed E-state index contributed by atoms with van der Waals surface area (Å²) in [6, 6.07) is 0. The maximum absolute atomic E-state index is 9.25. The summed E-state index contributed by atoms with van der Waals surface area (Å²) < 4.78 is 0. The molecule has 0 aromatic rings. The summed E-state index contributed by atoms with van der Waals surface area (Å²) in [5.74, 6) is -0.981. The fourth-order valence-corrected chi connectivity index (χ4v) is 0. The minimum absolute atomic E-state index is 0. The van der Waals surface area contributed by atoms with Crippen molar-refractivity contribution in [3.8, 4) is 0 Å². The third kappa shape index (κ3) is 21.7. The van der Waals surface area contributed by atoms with Gasteiger partial charge in [-0.25, -0.2) is 4.79 Å². The molecule has 0 aromatic heterocycles. The minimum atomic E-state index is -0.981. The Hall–Kier alpha value is 0.353. The van der Waals surface area contributed by atoms with Gasteiger partial charge in [-0.05, 0) is 0 Å². The van der Waals surface area contributed by atoms with Crippen LogP contribution < -0.4 is 0 Å². The fourth-order valence-electron chi connectivity index (χ4n) is 0. The largest absolute Gasteiger partial charge is 0.478 e. The average molecular weight is 201 g/mol. The summed E-state index contributed by atoms with van der Waals surface area (Å²) in [6.45, 7) is 2.96. The van der Waals surface area contributed by atoms with E-state index in [-0.39, 0.29) is 36.5 Å². The Labute approximate surface area is 65.2 Å². The molecule has 4 heteroatoms. The van der Waals surface area contributed by atoms with Crippen LogP contribution in [0.2, 0.25) is 0 Å². The first-order valence-electron chi connectivity index (χ1n) is 1.12. The zero-order chi connectivity index (χ0) is 4.28. The number of aliphatic carboxylic acids is 1. The van der Waals surface area contributed by atoms with Crippen LogP contribution in [-0.4, -0.2) is 11.1 Å². The fraction of sp³-hybridized carbons (Fsp3) is 0. The molecule has 0 amide bonds. The van der Waals surface area contributed by atoms with E-state index in [1.54, 1.807) is 0 Å².